The maximum absolute atomic E-state index is 8.24. The topological polar surface area (TPSA) is 33.0 Å². The lowest BCUT2D eigenvalue weighted by molar-refractivity contribution is 0.0543. The van der Waals surface area contributed by atoms with Crippen LogP contribution in [-0.2, 0) is 4.74 Å². The molecular formula is C8H13NO. The predicted octanol–water partition coefficient (Wildman–Crippen LogP) is 1.72. The SMILES string of the molecule is C[C@H]1CCC[C@@H]1OCC#N. The minimum absolute atomic E-state index is 0.259. The Labute approximate surface area is 61.8 Å². The molecule has 0 N–H and O–H groups in total. The summed E-state index contributed by atoms with van der Waals surface area (Å²) in [5, 5.41) is 8.24. The van der Waals surface area contributed by atoms with Gasteiger partial charge in [-0.05, 0) is 18.8 Å². The highest BCUT2D eigenvalue weighted by atomic mass is 16.5. The van der Waals surface area contributed by atoms with Gasteiger partial charge < -0.3 is 4.74 Å². The second-order valence-corrected chi connectivity index (χ2v) is 2.92. The fraction of sp³-hybridized carbons (Fsp3) is 0.875. The summed E-state index contributed by atoms with van der Waals surface area (Å²) in [6.45, 7) is 2.45. The quantitative estimate of drug-likeness (QED) is 0.583. The number of rotatable bonds is 2. The van der Waals surface area contributed by atoms with Crippen LogP contribution in [0.1, 0.15) is 26.2 Å². The van der Waals surface area contributed by atoms with Crippen LogP contribution in [0.15, 0.2) is 0 Å². The first-order valence-corrected chi connectivity index (χ1v) is 3.83. The molecule has 0 saturated heterocycles. The summed E-state index contributed by atoms with van der Waals surface area (Å²) in [6.07, 6.45) is 4.02. The normalized spacial score (nSPS) is 32.0. The molecule has 2 nitrogen and oxygen atoms in total. The first-order valence-electron chi connectivity index (χ1n) is 3.83. The number of ether oxygens (including phenoxy) is 1. The second-order valence-electron chi connectivity index (χ2n) is 2.92. The third kappa shape index (κ3) is 1.71. The molecule has 0 aromatic rings. The van der Waals surface area contributed by atoms with E-state index in [0.29, 0.717) is 12.0 Å². The average Bonchev–Trinajstić information content (AvgIpc) is 2.31. The van der Waals surface area contributed by atoms with Crippen molar-refractivity contribution in [1.29, 1.82) is 5.26 Å². The zero-order chi connectivity index (χ0) is 7.40. The van der Waals surface area contributed by atoms with E-state index in [-0.39, 0.29) is 6.61 Å². The third-order valence-electron chi connectivity index (χ3n) is 2.14. The van der Waals surface area contributed by atoms with Gasteiger partial charge in [0, 0.05) is 0 Å². The van der Waals surface area contributed by atoms with E-state index in [4.69, 9.17) is 10.00 Å². The molecule has 0 unspecified atom stereocenters. The molecule has 56 valence electrons. The highest BCUT2D eigenvalue weighted by Crippen LogP contribution is 2.27. The van der Waals surface area contributed by atoms with E-state index in [0.717, 1.165) is 6.42 Å². The zero-order valence-corrected chi connectivity index (χ0v) is 6.34. The molecule has 0 heterocycles. The van der Waals surface area contributed by atoms with Crippen LogP contribution in [0.4, 0.5) is 0 Å². The van der Waals surface area contributed by atoms with Crippen LogP contribution in [0, 0.1) is 17.2 Å². The highest BCUT2D eigenvalue weighted by molar-refractivity contribution is 4.77. The Morgan fingerprint density at radius 2 is 2.40 bits per heavy atom. The molecule has 0 amide bonds. The summed E-state index contributed by atoms with van der Waals surface area (Å²) >= 11 is 0. The van der Waals surface area contributed by atoms with E-state index >= 15 is 0 Å². The fourth-order valence-electron chi connectivity index (χ4n) is 1.50. The van der Waals surface area contributed by atoms with Crippen LogP contribution in [0.25, 0.3) is 0 Å². The molecular weight excluding hydrogens is 126 g/mol. The minimum Gasteiger partial charge on any atom is -0.363 e. The summed E-state index contributed by atoms with van der Waals surface area (Å²) < 4.78 is 5.30. The van der Waals surface area contributed by atoms with Gasteiger partial charge in [0.15, 0.2) is 0 Å². The van der Waals surface area contributed by atoms with Crippen molar-refractivity contribution >= 4 is 0 Å². The Hall–Kier alpha value is -0.550. The summed E-state index contributed by atoms with van der Waals surface area (Å²) in [7, 11) is 0. The van der Waals surface area contributed by atoms with E-state index in [9.17, 15) is 0 Å². The Morgan fingerprint density at radius 1 is 1.60 bits per heavy atom. The monoisotopic (exact) mass is 139 g/mol. The lowest BCUT2D eigenvalue weighted by atomic mass is 10.1. The molecule has 0 aromatic carbocycles. The van der Waals surface area contributed by atoms with Crippen LogP contribution in [0.2, 0.25) is 0 Å². The molecule has 10 heavy (non-hydrogen) atoms. The van der Waals surface area contributed by atoms with Crippen molar-refractivity contribution in [3.8, 4) is 6.07 Å². The van der Waals surface area contributed by atoms with Crippen molar-refractivity contribution in [2.45, 2.75) is 32.3 Å². The Balaban J connectivity index is 2.21. The Bertz CT molecular complexity index is 139. The molecule has 2 atom stereocenters. The summed E-state index contributed by atoms with van der Waals surface area (Å²) in [5.41, 5.74) is 0. The lowest BCUT2D eigenvalue weighted by Gasteiger charge is -2.13. The molecule has 1 fully saturated rings. The average molecular weight is 139 g/mol. The standard InChI is InChI=1S/C8H13NO/c1-7-3-2-4-8(7)10-6-5-9/h7-8H,2-4,6H2,1H3/t7-,8-/m0/s1. The minimum atomic E-state index is 0.259. The van der Waals surface area contributed by atoms with Crippen molar-refractivity contribution in [3.05, 3.63) is 0 Å². The van der Waals surface area contributed by atoms with Crippen molar-refractivity contribution in [3.63, 3.8) is 0 Å². The number of nitrogens with zero attached hydrogens (tertiary/aromatic N) is 1. The molecule has 2 heteroatoms. The van der Waals surface area contributed by atoms with E-state index in [1.165, 1.54) is 12.8 Å². The molecule has 0 spiro atoms. The van der Waals surface area contributed by atoms with Gasteiger partial charge in [0.2, 0.25) is 0 Å². The summed E-state index contributed by atoms with van der Waals surface area (Å²) in [4.78, 5) is 0. The maximum atomic E-state index is 8.24. The maximum Gasteiger partial charge on any atom is 0.134 e. The van der Waals surface area contributed by atoms with Crippen molar-refractivity contribution in [1.82, 2.24) is 0 Å². The van der Waals surface area contributed by atoms with Gasteiger partial charge in [-0.3, -0.25) is 0 Å². The van der Waals surface area contributed by atoms with Gasteiger partial charge in [0.05, 0.1) is 12.2 Å². The smallest absolute Gasteiger partial charge is 0.134 e. The van der Waals surface area contributed by atoms with Gasteiger partial charge in [-0.15, -0.1) is 0 Å². The summed E-state index contributed by atoms with van der Waals surface area (Å²) in [5.74, 6) is 0.661. The fourth-order valence-corrected chi connectivity index (χ4v) is 1.50. The molecule has 1 rings (SSSR count). The molecule has 0 radical (unpaired) electrons. The van der Waals surface area contributed by atoms with E-state index in [1.807, 2.05) is 6.07 Å². The van der Waals surface area contributed by atoms with E-state index in [1.54, 1.807) is 0 Å². The third-order valence-corrected chi connectivity index (χ3v) is 2.14. The molecule has 0 bridgehead atoms. The predicted molar refractivity (Wildman–Crippen MR) is 38.4 cm³/mol. The van der Waals surface area contributed by atoms with Crippen molar-refractivity contribution in [2.24, 2.45) is 5.92 Å². The zero-order valence-electron chi connectivity index (χ0n) is 6.34. The largest absolute Gasteiger partial charge is 0.363 e. The lowest BCUT2D eigenvalue weighted by Crippen LogP contribution is -2.15. The van der Waals surface area contributed by atoms with Crippen LogP contribution in [-0.4, -0.2) is 12.7 Å². The molecule has 0 aliphatic heterocycles. The number of hydrogen-bond donors (Lipinski definition) is 0. The van der Waals surface area contributed by atoms with Crippen molar-refractivity contribution in [2.75, 3.05) is 6.61 Å². The molecule has 1 aliphatic rings. The second kappa shape index (κ2) is 3.58. The van der Waals surface area contributed by atoms with Crippen molar-refractivity contribution < 1.29 is 4.74 Å². The van der Waals surface area contributed by atoms with Gasteiger partial charge in [0.1, 0.15) is 6.61 Å². The first kappa shape index (κ1) is 7.56. The number of nitriles is 1. The van der Waals surface area contributed by atoms with Crippen LogP contribution >= 0.6 is 0 Å². The van der Waals surface area contributed by atoms with Gasteiger partial charge in [-0.25, -0.2) is 0 Å². The van der Waals surface area contributed by atoms with Crippen LogP contribution in [0.3, 0.4) is 0 Å². The van der Waals surface area contributed by atoms with Crippen LogP contribution < -0.4 is 0 Å². The Kier molecular flexibility index (Phi) is 2.70. The van der Waals surface area contributed by atoms with Gasteiger partial charge >= 0.3 is 0 Å². The van der Waals surface area contributed by atoms with E-state index < -0.39 is 0 Å². The number of hydrogen-bond acceptors (Lipinski definition) is 2. The van der Waals surface area contributed by atoms with Gasteiger partial charge in [-0.2, -0.15) is 5.26 Å². The summed E-state index contributed by atoms with van der Waals surface area (Å²) in [6, 6.07) is 1.99. The first-order chi connectivity index (χ1) is 4.84. The molecule has 1 saturated carbocycles. The van der Waals surface area contributed by atoms with Gasteiger partial charge in [0.25, 0.3) is 0 Å². The van der Waals surface area contributed by atoms with Crippen LogP contribution in [0.5, 0.6) is 0 Å². The van der Waals surface area contributed by atoms with E-state index in [2.05, 4.69) is 6.92 Å². The highest BCUT2D eigenvalue weighted by Gasteiger charge is 2.23. The molecule has 1 aliphatic carbocycles. The molecule has 0 aromatic heterocycles. The Morgan fingerprint density at radius 3 is 2.90 bits per heavy atom. The van der Waals surface area contributed by atoms with Gasteiger partial charge in [-0.1, -0.05) is 13.3 Å².